The molecular weight excluding hydrogens is 950 g/mol. The minimum atomic E-state index is -1.14. The molecule has 1 heterocycles. The monoisotopic (exact) mass is 996 g/mol. The van der Waals surface area contributed by atoms with Crippen molar-refractivity contribution in [3.63, 3.8) is 0 Å². The molecule has 15 rings (SSSR count). The minimum absolute atomic E-state index is 0.524. The van der Waals surface area contributed by atoms with Gasteiger partial charge in [-0.05, 0) is 5.39 Å². The van der Waals surface area contributed by atoms with E-state index in [4.69, 9.17) is 0 Å². The summed E-state index contributed by atoms with van der Waals surface area (Å²) in [6.07, 6.45) is 0. The molecule has 0 atom stereocenters. The van der Waals surface area contributed by atoms with E-state index in [0.717, 1.165) is 0 Å². The predicted octanol–water partition coefficient (Wildman–Crippen LogP) is 13.2. The van der Waals surface area contributed by atoms with E-state index < -0.39 is 20.8 Å². The van der Waals surface area contributed by atoms with Crippen LogP contribution in [-0.4, -0.2) is 31.9 Å². The maximum atomic E-state index is 2.56. The topological polar surface area (TPSA) is 0 Å². The summed E-state index contributed by atoms with van der Waals surface area (Å²) >= 11 is -0.620. The van der Waals surface area contributed by atoms with Crippen LogP contribution in [0.15, 0.2) is 237 Å². The summed E-state index contributed by atoms with van der Waals surface area (Å²) in [6, 6.07) is 91.0. The average molecular weight is 994 g/mol. The van der Waals surface area contributed by atoms with Crippen LogP contribution in [0.3, 0.4) is 0 Å². The second-order valence-electron chi connectivity index (χ2n) is 19.4. The van der Waals surface area contributed by atoms with Gasteiger partial charge in [0.05, 0.1) is 0 Å². The molecule has 0 radical (unpaired) electrons. The van der Waals surface area contributed by atoms with Gasteiger partial charge in [-0.3, -0.25) is 0 Å². The third-order valence-corrected chi connectivity index (χ3v) is 22.0. The normalized spacial score (nSPS) is 13.7. The van der Waals surface area contributed by atoms with Crippen LogP contribution in [0.1, 0.15) is 22.3 Å². The average Bonchev–Trinajstić information content (AvgIpc) is 4.05. The third-order valence-electron chi connectivity index (χ3n) is 16.1. The van der Waals surface area contributed by atoms with Crippen molar-refractivity contribution < 1.29 is 0 Å². The second kappa shape index (κ2) is 15.0. The fourth-order valence-corrected chi connectivity index (χ4v) is 18.8. The predicted molar refractivity (Wildman–Crippen MR) is 300 cm³/mol. The van der Waals surface area contributed by atoms with Gasteiger partial charge in [-0.1, -0.05) is 66.7 Å². The van der Waals surface area contributed by atoms with Crippen LogP contribution in [0.25, 0.3) is 110 Å². The molecule has 2 aliphatic carbocycles. The molecule has 0 fully saturated rings. The first-order valence-corrected chi connectivity index (χ1v) is 29.5. The van der Waals surface area contributed by atoms with E-state index in [1.807, 2.05) is 0 Å². The van der Waals surface area contributed by atoms with E-state index in [9.17, 15) is 0 Å². The number of hydrogen-bond donors (Lipinski definition) is 0. The molecule has 0 bridgehead atoms. The van der Waals surface area contributed by atoms with Crippen LogP contribution in [-0.2, 0) is 5.41 Å². The van der Waals surface area contributed by atoms with Crippen LogP contribution in [0.5, 0.6) is 0 Å². The molecule has 0 amide bonds. The second-order valence-corrected chi connectivity index (χ2v) is 25.6. The van der Waals surface area contributed by atoms with Gasteiger partial charge in [0.25, 0.3) is 0 Å². The van der Waals surface area contributed by atoms with Crippen molar-refractivity contribution in [2.75, 3.05) is 0 Å². The first-order valence-electron chi connectivity index (χ1n) is 24.4. The molecule has 0 N–H and O–H groups in total. The quantitative estimate of drug-likeness (QED) is 0.122. The van der Waals surface area contributed by atoms with Gasteiger partial charge in [0.1, 0.15) is 0 Å². The Balaban J connectivity index is 1.12. The molecule has 3 aliphatic rings. The molecule has 69 heavy (non-hydrogen) atoms. The van der Waals surface area contributed by atoms with Crippen LogP contribution in [0.2, 0.25) is 0 Å². The Kier molecular flexibility index (Phi) is 8.59. The Morgan fingerprint density at radius 2 is 0.754 bits per heavy atom. The van der Waals surface area contributed by atoms with E-state index in [1.54, 1.807) is 8.79 Å². The standard InChI is InChI=1S/C67H44Ge2/c68-60-34-11-7-23-48(60)43-20-4-3-19-42(43)44-25-13-27-50-55(44)39-56-45(49-29-16-36-62-65(49)52-24-8-12-35-61(52)69-62)26-14-28-51(56)63(50)53-30-15-31-54-64-41-18-2-1-17-40(41)37-38-59(64)67(66(53)54)57-32-9-5-21-46(57)47-22-6-10-33-58(47)67/h1-39H,69H2,68H3. The van der Waals surface area contributed by atoms with Crippen molar-refractivity contribution in [3.8, 4) is 77.9 Å². The molecule has 0 unspecified atom stereocenters. The summed E-state index contributed by atoms with van der Waals surface area (Å²) in [7, 11) is 0. The first-order chi connectivity index (χ1) is 34.2. The number of benzene rings is 12. The van der Waals surface area contributed by atoms with Crippen LogP contribution >= 0.6 is 0 Å². The molecule has 320 valence electrons. The summed E-state index contributed by atoms with van der Waals surface area (Å²) in [6.45, 7) is 0. The maximum absolute atomic E-state index is 2.56. The molecule has 12 aromatic carbocycles. The molecule has 0 aromatic heterocycles. The Morgan fingerprint density at radius 3 is 1.48 bits per heavy atom. The Bertz CT molecular complexity index is 4150. The Labute approximate surface area is 416 Å². The van der Waals surface area contributed by atoms with Crippen molar-refractivity contribution >= 4 is 77.5 Å². The van der Waals surface area contributed by atoms with Gasteiger partial charge in [-0.15, -0.1) is 0 Å². The van der Waals surface area contributed by atoms with Gasteiger partial charge in [0.15, 0.2) is 0 Å². The summed E-state index contributed by atoms with van der Waals surface area (Å²) in [4.78, 5) is 0. The zero-order valence-electron chi connectivity index (χ0n) is 38.2. The van der Waals surface area contributed by atoms with E-state index >= 15 is 0 Å². The van der Waals surface area contributed by atoms with Crippen molar-refractivity contribution in [2.45, 2.75) is 5.41 Å². The van der Waals surface area contributed by atoms with E-state index in [0.29, 0.717) is 16.5 Å². The number of hydrogen-bond acceptors (Lipinski definition) is 0. The Morgan fingerprint density at radius 1 is 0.275 bits per heavy atom. The van der Waals surface area contributed by atoms with E-state index in [1.165, 1.54) is 137 Å². The Hall–Kier alpha value is -7.49. The van der Waals surface area contributed by atoms with Crippen molar-refractivity contribution in [3.05, 3.63) is 259 Å². The van der Waals surface area contributed by atoms with E-state index in [-0.39, 0.29) is 0 Å². The summed E-state index contributed by atoms with van der Waals surface area (Å²) < 4.78 is 4.64. The fourth-order valence-electron chi connectivity index (χ4n) is 13.3. The molecular formula is C67H44Ge2. The molecule has 12 aromatic rings. The van der Waals surface area contributed by atoms with Gasteiger partial charge in [-0.2, -0.15) is 0 Å². The molecule has 0 saturated carbocycles. The summed E-state index contributed by atoms with van der Waals surface area (Å²) in [5.74, 6) is 0. The zero-order valence-corrected chi connectivity index (χ0v) is 45.4. The van der Waals surface area contributed by atoms with Gasteiger partial charge in [-0.25, -0.2) is 0 Å². The van der Waals surface area contributed by atoms with Gasteiger partial charge in [0.2, 0.25) is 0 Å². The van der Waals surface area contributed by atoms with Crippen molar-refractivity contribution in [1.29, 1.82) is 0 Å². The van der Waals surface area contributed by atoms with Crippen molar-refractivity contribution in [2.24, 2.45) is 0 Å². The molecule has 0 saturated heterocycles. The molecule has 0 nitrogen and oxygen atoms in total. The zero-order chi connectivity index (χ0) is 45.4. The molecule has 1 aliphatic heterocycles. The molecule has 2 heteroatoms. The van der Waals surface area contributed by atoms with Gasteiger partial charge in [0, 0.05) is 0 Å². The summed E-state index contributed by atoms with van der Waals surface area (Å²) in [5.41, 5.74) is 23.6. The molecule has 1 spiro atoms. The van der Waals surface area contributed by atoms with Crippen molar-refractivity contribution in [1.82, 2.24) is 0 Å². The number of rotatable bonds is 4. The van der Waals surface area contributed by atoms with Gasteiger partial charge < -0.3 is 0 Å². The first kappa shape index (κ1) is 39.5. The summed E-state index contributed by atoms with van der Waals surface area (Å²) in [5, 5.41) is 7.70. The SMILES string of the molecule is [GeH3][c]1ccccc1-c1ccccc1-c1cccc2c(-c3cccc4c3C3(c5ccccc5-c5ccccc53)c3ccc5ccccc5c3-4)c3cccc(-c4ccc[c]5c4-c4cccc[c]4[GeH2]5)c3cc12. The van der Waals surface area contributed by atoms with Crippen LogP contribution in [0, 0.1) is 0 Å². The van der Waals surface area contributed by atoms with Crippen LogP contribution in [0.4, 0.5) is 0 Å². The van der Waals surface area contributed by atoms with Crippen LogP contribution < -0.4 is 13.2 Å². The fraction of sp³-hybridized carbons (Fsp3) is 0.0149. The van der Waals surface area contributed by atoms with Gasteiger partial charge >= 0.3 is 347 Å². The number of fused-ring (bicyclic) bond motifs is 17. The third kappa shape index (κ3) is 5.42. The van der Waals surface area contributed by atoms with E-state index in [2.05, 4.69) is 237 Å².